The lowest BCUT2D eigenvalue weighted by Crippen LogP contribution is -2.40. The molecular formula is C22H24N2O5S. The van der Waals surface area contributed by atoms with Gasteiger partial charge < -0.3 is 19.0 Å². The van der Waals surface area contributed by atoms with E-state index in [1.54, 1.807) is 27.8 Å². The zero-order chi connectivity index (χ0) is 21.1. The number of benzene rings is 1. The van der Waals surface area contributed by atoms with Gasteiger partial charge in [-0.3, -0.25) is 14.4 Å². The molecule has 0 bridgehead atoms. The molecule has 0 N–H and O–H groups in total. The third kappa shape index (κ3) is 4.23. The van der Waals surface area contributed by atoms with Gasteiger partial charge in [-0.05, 0) is 42.7 Å². The van der Waals surface area contributed by atoms with E-state index in [2.05, 4.69) is 0 Å². The Bertz CT molecular complexity index is 904. The predicted molar refractivity (Wildman–Crippen MR) is 112 cm³/mol. The van der Waals surface area contributed by atoms with E-state index in [1.165, 1.54) is 7.11 Å². The van der Waals surface area contributed by atoms with Gasteiger partial charge in [-0.15, -0.1) is 11.8 Å². The first-order chi connectivity index (χ1) is 14.6. The van der Waals surface area contributed by atoms with Crippen LogP contribution in [-0.4, -0.2) is 53.5 Å². The molecule has 1 unspecified atom stereocenters. The maximum Gasteiger partial charge on any atom is 0.308 e. The van der Waals surface area contributed by atoms with Gasteiger partial charge in [-0.2, -0.15) is 0 Å². The number of carbonyl (C=O) groups is 3. The van der Waals surface area contributed by atoms with Crippen LogP contribution < -0.4 is 0 Å². The second kappa shape index (κ2) is 8.95. The summed E-state index contributed by atoms with van der Waals surface area (Å²) in [5.74, 6) is 0.898. The minimum absolute atomic E-state index is 0.0348. The van der Waals surface area contributed by atoms with Crippen molar-refractivity contribution in [3.8, 4) is 0 Å². The Kier molecular flexibility index (Phi) is 6.13. The molecule has 0 saturated carbocycles. The quantitative estimate of drug-likeness (QED) is 0.681. The monoisotopic (exact) mass is 428 g/mol. The number of amides is 2. The van der Waals surface area contributed by atoms with Crippen LogP contribution in [0.3, 0.4) is 0 Å². The van der Waals surface area contributed by atoms with Gasteiger partial charge in [0.1, 0.15) is 11.1 Å². The molecule has 0 aliphatic carbocycles. The van der Waals surface area contributed by atoms with Gasteiger partial charge in [0.2, 0.25) is 5.91 Å². The summed E-state index contributed by atoms with van der Waals surface area (Å²) >= 11 is 1.58. The molecule has 2 aliphatic heterocycles. The summed E-state index contributed by atoms with van der Waals surface area (Å²) in [4.78, 5) is 40.4. The fourth-order valence-corrected chi connectivity index (χ4v) is 5.12. The number of hydrogen-bond donors (Lipinski definition) is 0. The summed E-state index contributed by atoms with van der Waals surface area (Å²) in [6.07, 6.45) is 2.85. The Balaban J connectivity index is 1.40. The standard InChI is InChI=1S/C22H24N2O5S/c1-28-22(27)17-8-10-23(11-9-17)20(26)15-4-6-16(7-5-15)21-24(19(25)14-30-21)13-18-3-2-12-29-18/h2-7,12,17,21H,8-11,13-14H2,1H3. The first-order valence-corrected chi connectivity index (χ1v) is 11.0. The van der Waals surface area contributed by atoms with E-state index in [1.807, 2.05) is 36.4 Å². The van der Waals surface area contributed by atoms with Crippen molar-refractivity contribution >= 4 is 29.5 Å². The van der Waals surface area contributed by atoms with E-state index in [0.29, 0.717) is 43.8 Å². The Hall–Kier alpha value is -2.74. The molecule has 1 atom stereocenters. The third-order valence-electron chi connectivity index (χ3n) is 5.63. The van der Waals surface area contributed by atoms with Crippen LogP contribution in [-0.2, 0) is 20.9 Å². The van der Waals surface area contributed by atoms with Gasteiger partial charge in [0, 0.05) is 18.7 Å². The highest BCUT2D eigenvalue weighted by Gasteiger charge is 2.34. The van der Waals surface area contributed by atoms with Crippen LogP contribution in [0.15, 0.2) is 47.1 Å². The van der Waals surface area contributed by atoms with E-state index in [0.717, 1.165) is 11.3 Å². The lowest BCUT2D eigenvalue weighted by molar-refractivity contribution is -0.146. The van der Waals surface area contributed by atoms with Crippen LogP contribution in [0.5, 0.6) is 0 Å². The van der Waals surface area contributed by atoms with E-state index < -0.39 is 0 Å². The van der Waals surface area contributed by atoms with Gasteiger partial charge in [0.15, 0.2) is 0 Å². The number of ether oxygens (including phenoxy) is 1. The Morgan fingerprint density at radius 3 is 2.53 bits per heavy atom. The number of piperidine rings is 1. The SMILES string of the molecule is COC(=O)C1CCN(C(=O)c2ccc(C3SCC(=O)N3Cc3ccco3)cc2)CC1. The number of thioether (sulfide) groups is 1. The number of rotatable bonds is 5. The van der Waals surface area contributed by atoms with Gasteiger partial charge in [-0.1, -0.05) is 12.1 Å². The summed E-state index contributed by atoms with van der Waals surface area (Å²) in [6.45, 7) is 1.52. The second-order valence-electron chi connectivity index (χ2n) is 7.48. The number of furan rings is 1. The molecule has 1 aromatic carbocycles. The largest absolute Gasteiger partial charge is 0.469 e. The van der Waals surface area contributed by atoms with Gasteiger partial charge in [0.05, 0.1) is 31.6 Å². The molecule has 0 spiro atoms. The maximum atomic E-state index is 12.8. The van der Waals surface area contributed by atoms with Gasteiger partial charge in [-0.25, -0.2) is 0 Å². The lowest BCUT2D eigenvalue weighted by atomic mass is 9.96. The highest BCUT2D eigenvalue weighted by molar-refractivity contribution is 8.00. The fourth-order valence-electron chi connectivity index (χ4n) is 3.93. The molecular weight excluding hydrogens is 404 g/mol. The average molecular weight is 429 g/mol. The van der Waals surface area contributed by atoms with Crippen molar-refractivity contribution in [2.75, 3.05) is 26.0 Å². The van der Waals surface area contributed by atoms with Gasteiger partial charge >= 0.3 is 5.97 Å². The van der Waals surface area contributed by atoms with Crippen molar-refractivity contribution in [1.82, 2.24) is 9.80 Å². The molecule has 1 aromatic heterocycles. The Labute approximate surface area is 179 Å². The number of hydrogen-bond acceptors (Lipinski definition) is 6. The maximum absolute atomic E-state index is 12.8. The smallest absolute Gasteiger partial charge is 0.308 e. The molecule has 3 heterocycles. The molecule has 2 aromatic rings. The molecule has 8 heteroatoms. The average Bonchev–Trinajstić information content (AvgIpc) is 3.43. The normalized spacial score (nSPS) is 19.9. The van der Waals surface area contributed by atoms with E-state index in [-0.39, 0.29) is 29.1 Å². The summed E-state index contributed by atoms with van der Waals surface area (Å²) in [7, 11) is 1.40. The summed E-state index contributed by atoms with van der Waals surface area (Å²) < 4.78 is 10.2. The molecule has 0 radical (unpaired) electrons. The molecule has 158 valence electrons. The van der Waals surface area contributed by atoms with Crippen molar-refractivity contribution < 1.29 is 23.5 Å². The highest BCUT2D eigenvalue weighted by atomic mass is 32.2. The Morgan fingerprint density at radius 2 is 1.90 bits per heavy atom. The highest BCUT2D eigenvalue weighted by Crippen LogP contribution is 2.39. The summed E-state index contributed by atoms with van der Waals surface area (Å²) in [5, 5.41) is -0.0949. The summed E-state index contributed by atoms with van der Waals surface area (Å²) in [6, 6.07) is 11.1. The summed E-state index contributed by atoms with van der Waals surface area (Å²) in [5.41, 5.74) is 1.60. The Morgan fingerprint density at radius 1 is 1.17 bits per heavy atom. The van der Waals surface area contributed by atoms with Crippen LogP contribution >= 0.6 is 11.8 Å². The van der Waals surface area contributed by atoms with Crippen molar-refractivity contribution in [1.29, 1.82) is 0 Å². The molecule has 4 rings (SSSR count). The zero-order valence-corrected chi connectivity index (χ0v) is 17.6. The van der Waals surface area contributed by atoms with Gasteiger partial charge in [0.25, 0.3) is 5.91 Å². The number of likely N-dealkylation sites (tertiary alicyclic amines) is 1. The second-order valence-corrected chi connectivity index (χ2v) is 8.54. The van der Waals surface area contributed by atoms with Crippen LogP contribution in [0.1, 0.15) is 39.9 Å². The number of esters is 1. The minimum Gasteiger partial charge on any atom is -0.469 e. The molecule has 30 heavy (non-hydrogen) atoms. The molecule has 2 aliphatic rings. The lowest BCUT2D eigenvalue weighted by Gasteiger charge is -2.31. The van der Waals surface area contributed by atoms with Crippen molar-refractivity contribution in [2.24, 2.45) is 5.92 Å². The van der Waals surface area contributed by atoms with Crippen molar-refractivity contribution in [3.05, 3.63) is 59.5 Å². The number of methoxy groups -OCH3 is 1. The predicted octanol–water partition coefficient (Wildman–Crippen LogP) is 3.08. The fraction of sp³-hybridized carbons (Fsp3) is 0.409. The first kappa shape index (κ1) is 20.5. The van der Waals surface area contributed by atoms with Crippen molar-refractivity contribution in [3.63, 3.8) is 0 Å². The topological polar surface area (TPSA) is 80.1 Å². The van der Waals surface area contributed by atoms with E-state index in [4.69, 9.17) is 9.15 Å². The van der Waals surface area contributed by atoms with Crippen molar-refractivity contribution in [2.45, 2.75) is 24.8 Å². The van der Waals surface area contributed by atoms with Crippen LogP contribution in [0.2, 0.25) is 0 Å². The molecule has 2 saturated heterocycles. The van der Waals surface area contributed by atoms with E-state index in [9.17, 15) is 14.4 Å². The third-order valence-corrected chi connectivity index (χ3v) is 6.89. The number of carbonyl (C=O) groups excluding carboxylic acids is 3. The zero-order valence-electron chi connectivity index (χ0n) is 16.8. The number of nitrogens with zero attached hydrogens (tertiary/aromatic N) is 2. The van der Waals surface area contributed by atoms with Crippen LogP contribution in [0.25, 0.3) is 0 Å². The molecule has 2 amide bonds. The minimum atomic E-state index is -0.200. The molecule has 7 nitrogen and oxygen atoms in total. The van der Waals surface area contributed by atoms with E-state index >= 15 is 0 Å². The van der Waals surface area contributed by atoms with Crippen LogP contribution in [0, 0.1) is 5.92 Å². The van der Waals surface area contributed by atoms with Crippen LogP contribution in [0.4, 0.5) is 0 Å². The first-order valence-electron chi connectivity index (χ1n) is 9.97. The molecule has 2 fully saturated rings.